The van der Waals surface area contributed by atoms with E-state index in [4.69, 9.17) is 4.74 Å². The number of aromatic nitrogens is 3. The quantitative estimate of drug-likeness (QED) is 0.521. The molecule has 0 aliphatic heterocycles. The molecule has 0 fully saturated rings. The number of nitrogens with zero attached hydrogens (tertiary/aromatic N) is 2. The Morgan fingerprint density at radius 1 is 1.21 bits per heavy atom. The van der Waals surface area contributed by atoms with Gasteiger partial charge in [0.15, 0.2) is 0 Å². The lowest BCUT2D eigenvalue weighted by Crippen LogP contribution is -2.29. The molecular formula is C22H22N4O2. The number of rotatable bonds is 7. The fourth-order valence-corrected chi connectivity index (χ4v) is 3.32. The number of nitrogens with one attached hydrogen (secondary N) is 2. The van der Waals surface area contributed by atoms with Gasteiger partial charge in [-0.15, -0.1) is 0 Å². The van der Waals surface area contributed by atoms with Gasteiger partial charge in [0.2, 0.25) is 5.91 Å². The van der Waals surface area contributed by atoms with Gasteiger partial charge in [-0.05, 0) is 30.2 Å². The molecule has 0 aliphatic carbocycles. The second-order valence-corrected chi connectivity index (χ2v) is 6.57. The van der Waals surface area contributed by atoms with Gasteiger partial charge < -0.3 is 19.6 Å². The highest BCUT2D eigenvalue weighted by Gasteiger charge is 2.10. The Morgan fingerprint density at radius 2 is 2.07 bits per heavy atom. The van der Waals surface area contributed by atoms with E-state index in [9.17, 15) is 4.79 Å². The van der Waals surface area contributed by atoms with Crippen molar-refractivity contribution < 1.29 is 9.53 Å². The van der Waals surface area contributed by atoms with E-state index in [1.54, 1.807) is 13.3 Å². The lowest BCUT2D eigenvalue weighted by molar-refractivity contribution is -0.121. The van der Waals surface area contributed by atoms with E-state index >= 15 is 0 Å². The van der Waals surface area contributed by atoms with Crippen molar-refractivity contribution in [2.45, 2.75) is 13.0 Å². The number of H-pyrrole nitrogens is 1. The van der Waals surface area contributed by atoms with Crippen LogP contribution in [0.15, 0.2) is 67.1 Å². The van der Waals surface area contributed by atoms with Crippen LogP contribution in [-0.4, -0.2) is 34.1 Å². The first kappa shape index (κ1) is 17.9. The van der Waals surface area contributed by atoms with E-state index in [2.05, 4.69) is 15.3 Å². The van der Waals surface area contributed by atoms with E-state index < -0.39 is 0 Å². The number of hydrogen-bond acceptors (Lipinski definition) is 3. The predicted octanol–water partition coefficient (Wildman–Crippen LogP) is 3.40. The van der Waals surface area contributed by atoms with Crippen LogP contribution in [0.5, 0.6) is 5.75 Å². The molecule has 6 nitrogen and oxygen atoms in total. The Balaban J connectivity index is 1.37. The van der Waals surface area contributed by atoms with Gasteiger partial charge in [0.25, 0.3) is 0 Å². The standard InChI is InChI=1S/C22H22N4O2/c1-28-18-7-8-20-19(13-18)17(14-25-20)9-10-23-21(27)15-26-12-11-24-22(26)16-5-3-2-4-6-16/h2-8,11-14,25H,9-10,15H2,1H3,(H,23,27). The molecule has 4 rings (SSSR count). The van der Waals surface area contributed by atoms with Crippen molar-refractivity contribution >= 4 is 16.8 Å². The van der Waals surface area contributed by atoms with Crippen molar-refractivity contribution in [2.75, 3.05) is 13.7 Å². The van der Waals surface area contributed by atoms with Crippen LogP contribution in [0.25, 0.3) is 22.3 Å². The first-order chi connectivity index (χ1) is 13.7. The fourth-order valence-electron chi connectivity index (χ4n) is 3.32. The molecule has 28 heavy (non-hydrogen) atoms. The Labute approximate surface area is 163 Å². The maximum absolute atomic E-state index is 12.4. The Hall–Kier alpha value is -3.54. The summed E-state index contributed by atoms with van der Waals surface area (Å²) in [6.45, 7) is 0.810. The Bertz CT molecular complexity index is 1080. The second kappa shape index (κ2) is 8.00. The third-order valence-electron chi connectivity index (χ3n) is 4.75. The summed E-state index contributed by atoms with van der Waals surface area (Å²) in [5, 5.41) is 4.12. The zero-order chi connectivity index (χ0) is 19.3. The van der Waals surface area contributed by atoms with Crippen molar-refractivity contribution in [1.82, 2.24) is 19.9 Å². The number of imidazole rings is 1. The lowest BCUT2D eigenvalue weighted by Gasteiger charge is -2.09. The summed E-state index contributed by atoms with van der Waals surface area (Å²) in [6, 6.07) is 15.8. The molecule has 0 unspecified atom stereocenters. The maximum Gasteiger partial charge on any atom is 0.240 e. The van der Waals surface area contributed by atoms with Crippen LogP contribution >= 0.6 is 0 Å². The van der Waals surface area contributed by atoms with Crippen molar-refractivity contribution in [3.8, 4) is 17.1 Å². The summed E-state index contributed by atoms with van der Waals surface area (Å²) < 4.78 is 7.17. The van der Waals surface area contributed by atoms with Crippen molar-refractivity contribution in [3.63, 3.8) is 0 Å². The van der Waals surface area contributed by atoms with Crippen LogP contribution in [0.1, 0.15) is 5.56 Å². The van der Waals surface area contributed by atoms with Gasteiger partial charge in [-0.25, -0.2) is 4.98 Å². The molecule has 0 bridgehead atoms. The highest BCUT2D eigenvalue weighted by atomic mass is 16.5. The third-order valence-corrected chi connectivity index (χ3v) is 4.75. The maximum atomic E-state index is 12.4. The molecule has 1 amide bonds. The van der Waals surface area contributed by atoms with Crippen LogP contribution < -0.4 is 10.1 Å². The van der Waals surface area contributed by atoms with Crippen LogP contribution in [0, 0.1) is 0 Å². The molecule has 4 aromatic rings. The van der Waals surface area contributed by atoms with Gasteiger partial charge in [-0.2, -0.15) is 0 Å². The first-order valence-electron chi connectivity index (χ1n) is 9.22. The van der Waals surface area contributed by atoms with E-state index in [1.165, 1.54) is 0 Å². The predicted molar refractivity (Wildman–Crippen MR) is 109 cm³/mol. The van der Waals surface area contributed by atoms with E-state index in [0.29, 0.717) is 6.54 Å². The normalized spacial score (nSPS) is 10.9. The van der Waals surface area contributed by atoms with Crippen LogP contribution in [0.4, 0.5) is 0 Å². The SMILES string of the molecule is COc1ccc2[nH]cc(CCNC(=O)Cn3ccnc3-c3ccccc3)c2c1. The minimum absolute atomic E-state index is 0.0346. The molecule has 142 valence electrons. The average molecular weight is 374 g/mol. The van der Waals surface area contributed by atoms with Gasteiger partial charge in [0, 0.05) is 41.6 Å². The molecule has 0 saturated carbocycles. The number of carbonyl (C=O) groups is 1. The van der Waals surface area contributed by atoms with Gasteiger partial charge >= 0.3 is 0 Å². The Morgan fingerprint density at radius 3 is 2.89 bits per heavy atom. The Kier molecular flexibility index (Phi) is 5.10. The van der Waals surface area contributed by atoms with Crippen LogP contribution in [0.3, 0.4) is 0 Å². The monoisotopic (exact) mass is 374 g/mol. The molecule has 2 aromatic carbocycles. The molecule has 0 radical (unpaired) electrons. The smallest absolute Gasteiger partial charge is 0.240 e. The topological polar surface area (TPSA) is 71.9 Å². The minimum Gasteiger partial charge on any atom is -0.497 e. The van der Waals surface area contributed by atoms with Gasteiger partial charge in [-0.3, -0.25) is 4.79 Å². The molecule has 0 spiro atoms. The molecule has 0 atom stereocenters. The first-order valence-corrected chi connectivity index (χ1v) is 9.22. The van der Waals surface area contributed by atoms with E-state index in [0.717, 1.165) is 40.0 Å². The molecule has 2 N–H and O–H groups in total. The number of benzene rings is 2. The summed E-state index contributed by atoms with van der Waals surface area (Å²) in [5.74, 6) is 1.58. The number of methoxy groups -OCH3 is 1. The van der Waals surface area contributed by atoms with Gasteiger partial charge in [-0.1, -0.05) is 30.3 Å². The number of amides is 1. The lowest BCUT2D eigenvalue weighted by atomic mass is 10.1. The summed E-state index contributed by atoms with van der Waals surface area (Å²) >= 11 is 0. The fraction of sp³-hybridized carbons (Fsp3) is 0.182. The average Bonchev–Trinajstić information content (AvgIpc) is 3.35. The van der Waals surface area contributed by atoms with Gasteiger partial charge in [0.05, 0.1) is 7.11 Å². The van der Waals surface area contributed by atoms with Crippen molar-refractivity contribution in [2.24, 2.45) is 0 Å². The van der Waals surface area contributed by atoms with Crippen LogP contribution in [0.2, 0.25) is 0 Å². The zero-order valence-electron chi connectivity index (χ0n) is 15.7. The zero-order valence-corrected chi connectivity index (χ0v) is 15.7. The molecule has 0 saturated heterocycles. The molecule has 2 aromatic heterocycles. The van der Waals surface area contributed by atoms with Crippen molar-refractivity contribution in [3.05, 3.63) is 72.7 Å². The number of carbonyl (C=O) groups excluding carboxylic acids is 1. The summed E-state index contributed by atoms with van der Waals surface area (Å²) in [7, 11) is 1.66. The minimum atomic E-state index is -0.0346. The molecule has 2 heterocycles. The number of aromatic amines is 1. The third kappa shape index (κ3) is 3.76. The molecular weight excluding hydrogens is 352 g/mol. The van der Waals surface area contributed by atoms with E-state index in [1.807, 2.05) is 65.5 Å². The highest BCUT2D eigenvalue weighted by molar-refractivity contribution is 5.84. The summed E-state index contributed by atoms with van der Waals surface area (Å²) in [6.07, 6.45) is 6.27. The highest BCUT2D eigenvalue weighted by Crippen LogP contribution is 2.23. The largest absolute Gasteiger partial charge is 0.497 e. The van der Waals surface area contributed by atoms with Gasteiger partial charge in [0.1, 0.15) is 18.1 Å². The summed E-state index contributed by atoms with van der Waals surface area (Å²) in [5.41, 5.74) is 3.21. The molecule has 0 aliphatic rings. The molecule has 6 heteroatoms. The number of fused-ring (bicyclic) bond motifs is 1. The number of ether oxygens (including phenoxy) is 1. The number of hydrogen-bond donors (Lipinski definition) is 2. The second-order valence-electron chi connectivity index (χ2n) is 6.57. The summed E-state index contributed by atoms with van der Waals surface area (Å²) in [4.78, 5) is 20.0. The van der Waals surface area contributed by atoms with E-state index in [-0.39, 0.29) is 12.5 Å². The van der Waals surface area contributed by atoms with Crippen molar-refractivity contribution in [1.29, 1.82) is 0 Å². The van der Waals surface area contributed by atoms with Crippen LogP contribution in [-0.2, 0) is 17.8 Å².